The van der Waals surface area contributed by atoms with Gasteiger partial charge in [0.1, 0.15) is 12.7 Å². The molecule has 4 rings (SSSR count). The lowest BCUT2D eigenvalue weighted by atomic mass is 10.1. The van der Waals surface area contributed by atoms with Gasteiger partial charge in [-0.2, -0.15) is 0 Å². The highest BCUT2D eigenvalue weighted by Crippen LogP contribution is 2.37. The van der Waals surface area contributed by atoms with Gasteiger partial charge in [-0.15, -0.1) is 11.3 Å². The lowest BCUT2D eigenvalue weighted by molar-refractivity contribution is -0.102. The number of nitrogens with one attached hydrogen (secondary N) is 1. The van der Waals surface area contributed by atoms with Crippen LogP contribution in [0.1, 0.15) is 0 Å². The van der Waals surface area contributed by atoms with E-state index in [1.807, 2.05) is 23.6 Å². The molecule has 0 amide bonds. The maximum atomic E-state index is 11.4. The monoisotopic (exact) mass is 480 g/mol. The van der Waals surface area contributed by atoms with Gasteiger partial charge in [0.2, 0.25) is 15.9 Å². The summed E-state index contributed by atoms with van der Waals surface area (Å²) in [7, 11) is -3.36. The Kier molecular flexibility index (Phi) is 6.78. The smallest absolute Gasteiger partial charge is 0.229 e. The molecule has 3 heterocycles. The number of pyridine rings is 1. The number of hydrogen-bond donors (Lipinski definition) is 1. The average Bonchev–Trinajstić information content (AvgIpc) is 3.22. The Morgan fingerprint density at radius 3 is 2.84 bits per heavy atom. The second kappa shape index (κ2) is 9.54. The molecule has 0 saturated carbocycles. The Balaban J connectivity index is 1.48. The van der Waals surface area contributed by atoms with Crippen molar-refractivity contribution in [3.05, 3.63) is 53.0 Å². The topological polar surface area (TPSA) is 86.8 Å². The molecule has 0 spiro atoms. The van der Waals surface area contributed by atoms with Gasteiger partial charge < -0.3 is 14.2 Å². The fourth-order valence-corrected chi connectivity index (χ4v) is 4.95. The molecule has 0 bridgehead atoms. The third kappa shape index (κ3) is 5.96. The van der Waals surface area contributed by atoms with Crippen molar-refractivity contribution in [2.24, 2.45) is 0 Å². The number of anilines is 1. The van der Waals surface area contributed by atoms with E-state index in [1.165, 1.54) is 0 Å². The van der Waals surface area contributed by atoms with E-state index in [0.717, 1.165) is 27.8 Å². The molecular formula is C21H21ClN2O5S2. The van der Waals surface area contributed by atoms with Gasteiger partial charge in [0.15, 0.2) is 0 Å². The molecule has 0 radical (unpaired) electrons. The Hall–Kier alpha value is -2.17. The number of ether oxygens (including phenoxy) is 3. The fourth-order valence-electron chi connectivity index (χ4n) is 3.10. The summed E-state index contributed by atoms with van der Waals surface area (Å²) in [6.07, 6.45) is 2.72. The number of nitrogens with zero attached hydrogens (tertiary/aromatic N) is 1. The molecule has 1 aromatic carbocycles. The van der Waals surface area contributed by atoms with Crippen molar-refractivity contribution in [3.63, 3.8) is 0 Å². The van der Waals surface area contributed by atoms with Crippen LogP contribution >= 0.6 is 22.9 Å². The molecule has 1 aliphatic rings. The Labute approximate surface area is 190 Å². The van der Waals surface area contributed by atoms with Crippen LogP contribution in [0.15, 0.2) is 48.0 Å². The van der Waals surface area contributed by atoms with Crippen LogP contribution in [-0.2, 0) is 19.5 Å². The summed E-state index contributed by atoms with van der Waals surface area (Å²) in [6, 6.07) is 10.9. The van der Waals surface area contributed by atoms with Crippen LogP contribution in [0.4, 0.5) is 5.69 Å². The largest absolute Gasteiger partial charge is 0.475 e. The van der Waals surface area contributed by atoms with Crippen LogP contribution in [0.3, 0.4) is 0 Å². The Morgan fingerprint density at radius 1 is 1.23 bits per heavy atom. The number of rotatable bonds is 7. The van der Waals surface area contributed by atoms with E-state index < -0.39 is 10.0 Å². The number of benzene rings is 1. The zero-order valence-electron chi connectivity index (χ0n) is 16.7. The molecule has 1 unspecified atom stereocenters. The first kappa shape index (κ1) is 22.0. The van der Waals surface area contributed by atoms with Gasteiger partial charge in [-0.3, -0.25) is 4.72 Å². The average molecular weight is 481 g/mol. The van der Waals surface area contributed by atoms with Crippen molar-refractivity contribution in [2.45, 2.75) is 6.10 Å². The van der Waals surface area contributed by atoms with Crippen LogP contribution in [0, 0.1) is 0 Å². The highest BCUT2D eigenvalue weighted by atomic mass is 35.5. The zero-order valence-corrected chi connectivity index (χ0v) is 19.1. The summed E-state index contributed by atoms with van der Waals surface area (Å²) in [4.78, 5) is 5.25. The lowest BCUT2D eigenvalue weighted by Crippen LogP contribution is -2.33. The summed E-state index contributed by atoms with van der Waals surface area (Å²) < 4.78 is 42.0. The van der Waals surface area contributed by atoms with Crippen LogP contribution in [0.25, 0.3) is 21.6 Å². The molecule has 31 heavy (non-hydrogen) atoms. The minimum absolute atomic E-state index is 0.0887. The maximum Gasteiger partial charge on any atom is 0.229 e. The van der Waals surface area contributed by atoms with Gasteiger partial charge in [-0.25, -0.2) is 13.4 Å². The highest BCUT2D eigenvalue weighted by Gasteiger charge is 2.16. The molecule has 1 N–H and O–H groups in total. The van der Waals surface area contributed by atoms with Gasteiger partial charge in [0.25, 0.3) is 0 Å². The third-order valence-electron chi connectivity index (χ3n) is 4.51. The molecule has 2 aromatic heterocycles. The molecule has 0 aliphatic carbocycles. The highest BCUT2D eigenvalue weighted by molar-refractivity contribution is 7.92. The quantitative estimate of drug-likeness (QED) is 0.542. The summed E-state index contributed by atoms with van der Waals surface area (Å²) in [5.74, 6) is 0.522. The molecule has 10 heteroatoms. The van der Waals surface area contributed by atoms with Gasteiger partial charge in [0.05, 0.1) is 31.1 Å². The molecule has 3 aromatic rings. The number of hydrogen-bond acceptors (Lipinski definition) is 7. The normalized spacial score (nSPS) is 16.8. The minimum Gasteiger partial charge on any atom is -0.475 e. The lowest BCUT2D eigenvalue weighted by Gasteiger charge is -2.22. The van der Waals surface area contributed by atoms with Crippen molar-refractivity contribution < 1.29 is 22.6 Å². The van der Waals surface area contributed by atoms with Gasteiger partial charge >= 0.3 is 0 Å². The number of halogens is 1. The Bertz CT molecular complexity index is 1160. The third-order valence-corrected chi connectivity index (χ3v) is 6.39. The van der Waals surface area contributed by atoms with Crippen LogP contribution < -0.4 is 9.46 Å². The van der Waals surface area contributed by atoms with Crippen LogP contribution in [0.5, 0.6) is 5.88 Å². The van der Waals surface area contributed by atoms with Crippen LogP contribution in [0.2, 0.25) is 5.02 Å². The van der Waals surface area contributed by atoms with E-state index in [0.29, 0.717) is 43.0 Å². The standard InChI is InChI=1S/C21H21ClN2O5S2/c1-31(25,26)24-16-2-3-18(19(22)10-16)20-8-15(13-30-20)14-4-5-23-21(9-14)29-12-17-11-27-6-7-28-17/h2-5,8-10,13,17,24H,6-7,11-12H2,1H3. The predicted octanol–water partition coefficient (Wildman–Crippen LogP) is 4.30. The molecule has 1 saturated heterocycles. The maximum absolute atomic E-state index is 11.4. The van der Waals surface area contributed by atoms with Crippen molar-refractivity contribution in [1.82, 2.24) is 4.98 Å². The summed E-state index contributed by atoms with van der Waals surface area (Å²) in [5, 5.41) is 2.50. The van der Waals surface area contributed by atoms with Gasteiger partial charge in [0, 0.05) is 28.4 Å². The molecule has 1 fully saturated rings. The summed E-state index contributed by atoms with van der Waals surface area (Å²) in [5.41, 5.74) is 3.24. The number of aromatic nitrogens is 1. The van der Waals surface area contributed by atoms with E-state index in [-0.39, 0.29) is 6.10 Å². The summed E-state index contributed by atoms with van der Waals surface area (Å²) >= 11 is 7.96. The van der Waals surface area contributed by atoms with Crippen molar-refractivity contribution in [3.8, 4) is 27.4 Å². The van der Waals surface area contributed by atoms with E-state index in [4.69, 9.17) is 25.8 Å². The second-order valence-corrected chi connectivity index (χ2v) is 10.1. The molecule has 164 valence electrons. The number of thiophene rings is 1. The first-order chi connectivity index (χ1) is 14.9. The molecule has 1 aliphatic heterocycles. The molecular weight excluding hydrogens is 460 g/mol. The SMILES string of the molecule is CS(=O)(=O)Nc1ccc(-c2cc(-c3ccnc(OCC4COCCO4)c3)cs2)c(Cl)c1. The second-order valence-electron chi connectivity index (χ2n) is 7.03. The first-order valence-corrected chi connectivity index (χ1v) is 12.7. The van der Waals surface area contributed by atoms with Crippen molar-refractivity contribution >= 4 is 38.6 Å². The summed E-state index contributed by atoms with van der Waals surface area (Å²) in [6.45, 7) is 2.10. The van der Waals surface area contributed by atoms with Gasteiger partial charge in [-0.05, 0) is 46.8 Å². The van der Waals surface area contributed by atoms with E-state index in [2.05, 4.69) is 9.71 Å². The molecule has 1 atom stereocenters. The zero-order chi connectivity index (χ0) is 21.8. The van der Waals surface area contributed by atoms with E-state index in [1.54, 1.807) is 35.7 Å². The fraction of sp³-hybridized carbons (Fsp3) is 0.286. The first-order valence-electron chi connectivity index (χ1n) is 9.52. The predicted molar refractivity (Wildman–Crippen MR) is 123 cm³/mol. The minimum atomic E-state index is -3.36. The van der Waals surface area contributed by atoms with Crippen molar-refractivity contribution in [2.75, 3.05) is 37.4 Å². The van der Waals surface area contributed by atoms with Crippen molar-refractivity contribution in [1.29, 1.82) is 0 Å². The van der Waals surface area contributed by atoms with E-state index in [9.17, 15) is 8.42 Å². The van der Waals surface area contributed by atoms with Crippen LogP contribution in [-0.4, -0.2) is 52.2 Å². The Morgan fingerprint density at radius 2 is 2.10 bits per heavy atom. The molecule has 7 nitrogen and oxygen atoms in total. The van der Waals surface area contributed by atoms with E-state index >= 15 is 0 Å². The van der Waals surface area contributed by atoms with Gasteiger partial charge in [-0.1, -0.05) is 11.6 Å². The number of sulfonamides is 1.